The third kappa shape index (κ3) is 6.73. The van der Waals surface area contributed by atoms with E-state index in [2.05, 4.69) is 16.0 Å². The quantitative estimate of drug-likeness (QED) is 0.460. The van der Waals surface area contributed by atoms with Crippen LogP contribution in [-0.2, 0) is 0 Å². The maximum absolute atomic E-state index is 13.3. The first-order valence-corrected chi connectivity index (χ1v) is 10.2. The zero-order valence-corrected chi connectivity index (χ0v) is 17.7. The molecule has 3 aromatic carbocycles. The van der Waals surface area contributed by atoms with Gasteiger partial charge in [-0.2, -0.15) is 0 Å². The van der Waals surface area contributed by atoms with Crippen molar-refractivity contribution in [3.8, 4) is 5.75 Å². The van der Waals surface area contributed by atoms with Crippen LogP contribution >= 0.6 is 0 Å². The molecule has 0 unspecified atom stereocenters. The van der Waals surface area contributed by atoms with Crippen molar-refractivity contribution in [2.75, 3.05) is 35.2 Å². The summed E-state index contributed by atoms with van der Waals surface area (Å²) in [5.41, 5.74) is 1.75. The molecule has 0 saturated carbocycles. The number of amides is 4. The van der Waals surface area contributed by atoms with Crippen LogP contribution in [0.4, 0.5) is 31.0 Å². The molecule has 166 valence electrons. The lowest BCUT2D eigenvalue weighted by atomic mass is 10.2. The molecular formula is C24H25FN4O3. The fraction of sp³-hybridized carbons (Fsp3) is 0.167. The minimum Gasteiger partial charge on any atom is -0.494 e. The maximum Gasteiger partial charge on any atom is 0.326 e. The van der Waals surface area contributed by atoms with Crippen molar-refractivity contribution in [2.45, 2.75) is 6.92 Å². The summed E-state index contributed by atoms with van der Waals surface area (Å²) < 4.78 is 18.7. The predicted molar refractivity (Wildman–Crippen MR) is 124 cm³/mol. The maximum atomic E-state index is 13.3. The first-order valence-electron chi connectivity index (χ1n) is 10.2. The zero-order chi connectivity index (χ0) is 22.8. The van der Waals surface area contributed by atoms with E-state index in [-0.39, 0.29) is 13.1 Å². The van der Waals surface area contributed by atoms with E-state index >= 15 is 0 Å². The number of anilines is 3. The van der Waals surface area contributed by atoms with Gasteiger partial charge >= 0.3 is 12.1 Å². The predicted octanol–water partition coefficient (Wildman–Crippen LogP) is 5.08. The van der Waals surface area contributed by atoms with E-state index in [1.54, 1.807) is 36.4 Å². The van der Waals surface area contributed by atoms with Crippen molar-refractivity contribution in [1.82, 2.24) is 5.32 Å². The average Bonchev–Trinajstić information content (AvgIpc) is 2.80. The topological polar surface area (TPSA) is 82.7 Å². The number of nitrogens with zero attached hydrogens (tertiary/aromatic N) is 1. The number of para-hydroxylation sites is 1. The number of benzene rings is 3. The molecule has 3 N–H and O–H groups in total. The summed E-state index contributed by atoms with van der Waals surface area (Å²) in [5, 5.41) is 8.25. The largest absolute Gasteiger partial charge is 0.494 e. The highest BCUT2D eigenvalue weighted by Crippen LogP contribution is 2.17. The van der Waals surface area contributed by atoms with Crippen LogP contribution in [0.2, 0.25) is 0 Å². The van der Waals surface area contributed by atoms with Crippen molar-refractivity contribution < 1.29 is 18.7 Å². The van der Waals surface area contributed by atoms with Gasteiger partial charge in [0.05, 0.1) is 6.61 Å². The SMILES string of the molecule is CCOc1ccc(NC(=O)NCCN(C(=O)Nc2ccccc2)c2ccc(F)cc2)cc1. The number of rotatable bonds is 8. The van der Waals surface area contributed by atoms with Gasteiger partial charge in [0.15, 0.2) is 0 Å². The van der Waals surface area contributed by atoms with Gasteiger partial charge in [0, 0.05) is 30.2 Å². The lowest BCUT2D eigenvalue weighted by Crippen LogP contribution is -2.42. The van der Waals surface area contributed by atoms with Crippen LogP contribution in [0.15, 0.2) is 78.9 Å². The highest BCUT2D eigenvalue weighted by Gasteiger charge is 2.16. The van der Waals surface area contributed by atoms with Gasteiger partial charge in [-0.05, 0) is 67.6 Å². The van der Waals surface area contributed by atoms with Crippen molar-refractivity contribution in [1.29, 1.82) is 0 Å². The Balaban J connectivity index is 1.58. The molecule has 0 aliphatic rings. The van der Waals surface area contributed by atoms with Crippen molar-refractivity contribution in [3.63, 3.8) is 0 Å². The second kappa shape index (κ2) is 11.4. The van der Waals surface area contributed by atoms with Crippen molar-refractivity contribution in [2.24, 2.45) is 0 Å². The van der Waals surface area contributed by atoms with Gasteiger partial charge in [-0.3, -0.25) is 4.90 Å². The summed E-state index contributed by atoms with van der Waals surface area (Å²) in [6, 6.07) is 20.8. The standard InChI is InChI=1S/C24H25FN4O3/c1-2-32-22-14-10-20(11-15-22)27-23(30)26-16-17-29(21-12-8-18(25)9-13-21)24(31)28-19-6-4-3-5-7-19/h3-15H,2,16-17H2,1H3,(H,28,31)(H2,26,27,30). The zero-order valence-electron chi connectivity index (χ0n) is 17.7. The number of nitrogens with one attached hydrogen (secondary N) is 3. The lowest BCUT2D eigenvalue weighted by Gasteiger charge is -2.23. The summed E-state index contributed by atoms with van der Waals surface area (Å²) in [5.74, 6) is 0.322. The molecule has 0 radical (unpaired) electrons. The van der Waals surface area contributed by atoms with Gasteiger partial charge in [-0.1, -0.05) is 18.2 Å². The molecule has 8 heteroatoms. The van der Waals surface area contributed by atoms with E-state index in [4.69, 9.17) is 4.74 Å². The lowest BCUT2D eigenvalue weighted by molar-refractivity contribution is 0.250. The van der Waals surface area contributed by atoms with Gasteiger partial charge in [-0.25, -0.2) is 14.0 Å². The summed E-state index contributed by atoms with van der Waals surface area (Å²) in [6.45, 7) is 2.83. The molecule has 4 amide bonds. The van der Waals surface area contributed by atoms with E-state index in [9.17, 15) is 14.0 Å². The second-order valence-corrected chi connectivity index (χ2v) is 6.76. The average molecular weight is 436 g/mol. The molecule has 0 aliphatic heterocycles. The van der Waals surface area contributed by atoms with Crippen molar-refractivity contribution >= 4 is 29.1 Å². The molecule has 0 bridgehead atoms. The number of carbonyl (C=O) groups is 2. The number of ether oxygens (including phenoxy) is 1. The van der Waals surface area contributed by atoms with Gasteiger partial charge in [-0.15, -0.1) is 0 Å². The van der Waals surface area contributed by atoms with Crippen LogP contribution in [0.3, 0.4) is 0 Å². The van der Waals surface area contributed by atoms with Crippen LogP contribution in [-0.4, -0.2) is 31.8 Å². The number of hydrogen-bond acceptors (Lipinski definition) is 3. The van der Waals surface area contributed by atoms with E-state index < -0.39 is 17.9 Å². The number of hydrogen-bond donors (Lipinski definition) is 3. The Morgan fingerprint density at radius 2 is 1.53 bits per heavy atom. The van der Waals surface area contributed by atoms with Gasteiger partial charge in [0.25, 0.3) is 0 Å². The Morgan fingerprint density at radius 3 is 2.19 bits per heavy atom. The normalized spacial score (nSPS) is 10.2. The highest BCUT2D eigenvalue weighted by atomic mass is 19.1. The Hall–Kier alpha value is -4.07. The minimum atomic E-state index is -0.406. The van der Waals surface area contributed by atoms with E-state index in [0.29, 0.717) is 23.7 Å². The minimum absolute atomic E-state index is 0.182. The molecule has 0 aromatic heterocycles. The molecule has 0 aliphatic carbocycles. The van der Waals surface area contributed by atoms with Crippen LogP contribution in [0, 0.1) is 5.82 Å². The Bertz CT molecular complexity index is 1010. The number of urea groups is 2. The Kier molecular flexibility index (Phi) is 8.02. The van der Waals surface area contributed by atoms with Crippen LogP contribution < -0.4 is 25.6 Å². The van der Waals surface area contributed by atoms with Crippen LogP contribution in [0.25, 0.3) is 0 Å². The van der Waals surface area contributed by atoms with E-state index in [1.165, 1.54) is 29.2 Å². The van der Waals surface area contributed by atoms with Crippen LogP contribution in [0.5, 0.6) is 5.75 Å². The summed E-state index contributed by atoms with van der Waals surface area (Å²) in [7, 11) is 0. The summed E-state index contributed by atoms with van der Waals surface area (Å²) in [6.07, 6.45) is 0. The fourth-order valence-corrected chi connectivity index (χ4v) is 2.94. The smallest absolute Gasteiger partial charge is 0.326 e. The molecule has 3 rings (SSSR count). The summed E-state index contributed by atoms with van der Waals surface area (Å²) in [4.78, 5) is 26.5. The monoisotopic (exact) mass is 436 g/mol. The fourth-order valence-electron chi connectivity index (χ4n) is 2.94. The van der Waals surface area contributed by atoms with E-state index in [1.807, 2.05) is 25.1 Å². The molecule has 0 saturated heterocycles. The molecule has 0 atom stereocenters. The Morgan fingerprint density at radius 1 is 0.875 bits per heavy atom. The molecular weight excluding hydrogens is 411 g/mol. The molecule has 0 heterocycles. The molecule has 0 fully saturated rings. The van der Waals surface area contributed by atoms with Crippen molar-refractivity contribution in [3.05, 3.63) is 84.7 Å². The molecule has 32 heavy (non-hydrogen) atoms. The second-order valence-electron chi connectivity index (χ2n) is 6.76. The van der Waals surface area contributed by atoms with Crippen LogP contribution in [0.1, 0.15) is 6.92 Å². The first-order chi connectivity index (χ1) is 15.5. The van der Waals surface area contributed by atoms with Gasteiger partial charge in [0.2, 0.25) is 0 Å². The third-order valence-electron chi connectivity index (χ3n) is 4.45. The molecule has 3 aromatic rings. The highest BCUT2D eigenvalue weighted by molar-refractivity contribution is 6.01. The molecule has 0 spiro atoms. The van der Waals surface area contributed by atoms with Gasteiger partial charge < -0.3 is 20.7 Å². The number of carbonyl (C=O) groups excluding carboxylic acids is 2. The molecule has 7 nitrogen and oxygen atoms in total. The third-order valence-corrected chi connectivity index (χ3v) is 4.45. The van der Waals surface area contributed by atoms with E-state index in [0.717, 1.165) is 5.75 Å². The Labute approximate surface area is 186 Å². The first kappa shape index (κ1) is 22.6. The summed E-state index contributed by atoms with van der Waals surface area (Å²) >= 11 is 0. The van der Waals surface area contributed by atoms with Gasteiger partial charge in [0.1, 0.15) is 11.6 Å². The number of halogens is 1.